The van der Waals surface area contributed by atoms with Gasteiger partial charge < -0.3 is 15.0 Å². The van der Waals surface area contributed by atoms with Gasteiger partial charge in [0.2, 0.25) is 0 Å². The van der Waals surface area contributed by atoms with Gasteiger partial charge in [0.15, 0.2) is 15.8 Å². The summed E-state index contributed by atoms with van der Waals surface area (Å²) >= 11 is 0. The Balaban J connectivity index is 2.05. The van der Waals surface area contributed by atoms with Crippen molar-refractivity contribution in [1.82, 2.24) is 10.2 Å². The Morgan fingerprint density at radius 3 is 2.81 bits per heavy atom. The molecule has 2 rings (SSSR count). The summed E-state index contributed by atoms with van der Waals surface area (Å²) in [6.07, 6.45) is 1.06. The molecule has 0 aromatic carbocycles. The van der Waals surface area contributed by atoms with E-state index in [9.17, 15) is 8.42 Å². The van der Waals surface area contributed by atoms with Crippen LogP contribution in [0.25, 0.3) is 0 Å². The van der Waals surface area contributed by atoms with Crippen LogP contribution in [-0.2, 0) is 14.6 Å². The molecule has 0 amide bonds. The third-order valence-corrected chi connectivity index (χ3v) is 6.73. The number of nitrogens with one attached hydrogen (secondary N) is 1. The van der Waals surface area contributed by atoms with Crippen molar-refractivity contribution in [2.24, 2.45) is 10.9 Å². The van der Waals surface area contributed by atoms with Crippen LogP contribution >= 0.6 is 0 Å². The summed E-state index contributed by atoms with van der Waals surface area (Å²) in [5.41, 5.74) is 0. The smallest absolute Gasteiger partial charge is 0.194 e. The fourth-order valence-corrected chi connectivity index (χ4v) is 4.06. The highest BCUT2D eigenvalue weighted by Crippen LogP contribution is 2.24. The highest BCUT2D eigenvalue weighted by Gasteiger charge is 2.41. The fourth-order valence-electron chi connectivity index (χ4n) is 2.69. The van der Waals surface area contributed by atoms with E-state index in [1.165, 1.54) is 0 Å². The molecular formula is C14H27N3O3S. The molecule has 1 atom stereocenters. The lowest BCUT2D eigenvalue weighted by Gasteiger charge is -2.39. The van der Waals surface area contributed by atoms with Gasteiger partial charge in [0.05, 0.1) is 17.1 Å². The average Bonchev–Trinajstić information content (AvgIpc) is 2.91. The van der Waals surface area contributed by atoms with E-state index in [1.807, 2.05) is 6.92 Å². The number of hydrogen-bond acceptors (Lipinski definition) is 4. The second-order valence-corrected chi connectivity index (χ2v) is 9.17. The van der Waals surface area contributed by atoms with E-state index < -0.39 is 14.6 Å². The zero-order valence-corrected chi connectivity index (χ0v) is 14.1. The predicted octanol–water partition coefficient (Wildman–Crippen LogP) is 0.497. The van der Waals surface area contributed by atoms with Crippen LogP contribution in [0.3, 0.4) is 0 Å². The maximum Gasteiger partial charge on any atom is 0.194 e. The lowest BCUT2D eigenvalue weighted by molar-refractivity contribution is 0.187. The number of rotatable bonds is 3. The van der Waals surface area contributed by atoms with E-state index in [2.05, 4.69) is 15.2 Å². The molecule has 6 nitrogen and oxygen atoms in total. The van der Waals surface area contributed by atoms with Gasteiger partial charge in [-0.2, -0.15) is 0 Å². The van der Waals surface area contributed by atoms with E-state index in [1.54, 1.807) is 13.8 Å². The molecule has 2 saturated heterocycles. The first-order chi connectivity index (χ1) is 9.86. The monoisotopic (exact) mass is 317 g/mol. The summed E-state index contributed by atoms with van der Waals surface area (Å²) in [5, 5.41) is 3.28. The second-order valence-electron chi connectivity index (χ2n) is 6.42. The van der Waals surface area contributed by atoms with Crippen molar-refractivity contribution in [2.75, 3.05) is 45.1 Å². The van der Waals surface area contributed by atoms with Gasteiger partial charge in [0, 0.05) is 38.7 Å². The molecule has 0 spiro atoms. The van der Waals surface area contributed by atoms with Crippen molar-refractivity contribution in [3.63, 3.8) is 0 Å². The molecule has 122 valence electrons. The summed E-state index contributed by atoms with van der Waals surface area (Å²) in [5.74, 6) is 1.50. The highest BCUT2D eigenvalue weighted by atomic mass is 32.2. The zero-order valence-electron chi connectivity index (χ0n) is 13.3. The summed E-state index contributed by atoms with van der Waals surface area (Å²) in [4.78, 5) is 6.76. The van der Waals surface area contributed by atoms with Gasteiger partial charge in [-0.15, -0.1) is 0 Å². The predicted molar refractivity (Wildman–Crippen MR) is 84.3 cm³/mol. The maximum absolute atomic E-state index is 12.1. The van der Waals surface area contributed by atoms with Gasteiger partial charge in [0.25, 0.3) is 0 Å². The molecule has 0 aliphatic carbocycles. The van der Waals surface area contributed by atoms with Crippen LogP contribution in [0.15, 0.2) is 4.99 Å². The van der Waals surface area contributed by atoms with Crippen LogP contribution in [0, 0.1) is 5.92 Å². The van der Waals surface area contributed by atoms with Crippen LogP contribution in [-0.4, -0.2) is 69.2 Å². The normalized spacial score (nSPS) is 28.6. The molecule has 2 fully saturated rings. The van der Waals surface area contributed by atoms with Gasteiger partial charge >= 0.3 is 0 Å². The van der Waals surface area contributed by atoms with E-state index in [0.717, 1.165) is 38.7 Å². The number of hydrogen-bond donors (Lipinski definition) is 1. The Bertz CT molecular complexity index is 482. The van der Waals surface area contributed by atoms with Crippen LogP contribution in [0.2, 0.25) is 0 Å². The largest absolute Gasteiger partial charge is 0.381 e. The molecule has 0 saturated carbocycles. The first-order valence-electron chi connectivity index (χ1n) is 7.69. The van der Waals surface area contributed by atoms with E-state index in [-0.39, 0.29) is 5.75 Å². The quantitative estimate of drug-likeness (QED) is 0.606. The molecule has 2 heterocycles. The van der Waals surface area contributed by atoms with Crippen LogP contribution < -0.4 is 5.32 Å². The average molecular weight is 317 g/mol. The summed E-state index contributed by atoms with van der Waals surface area (Å²) in [6.45, 7) is 9.75. The lowest BCUT2D eigenvalue weighted by atomic mass is 10.1. The standard InChI is InChI=1S/C14H27N3O3S/c1-4-15-13(16-9-12-5-7-20-10-12)17-6-8-21(18,19)14(2,3)11-17/h12H,4-11H2,1-3H3,(H,15,16). The van der Waals surface area contributed by atoms with E-state index >= 15 is 0 Å². The number of ether oxygens (including phenoxy) is 1. The summed E-state index contributed by atoms with van der Waals surface area (Å²) in [7, 11) is -3.02. The lowest BCUT2D eigenvalue weighted by Crippen LogP contribution is -2.57. The number of aliphatic imine (C=N–C) groups is 1. The Kier molecular flexibility index (Phi) is 5.14. The van der Waals surface area contributed by atoms with E-state index in [0.29, 0.717) is 19.0 Å². The van der Waals surface area contributed by atoms with Crippen molar-refractivity contribution in [3.05, 3.63) is 0 Å². The SMILES string of the molecule is CCNC(=NCC1CCOC1)N1CCS(=O)(=O)C(C)(C)C1. The van der Waals surface area contributed by atoms with Gasteiger partial charge in [-0.3, -0.25) is 4.99 Å². The van der Waals surface area contributed by atoms with E-state index in [4.69, 9.17) is 4.74 Å². The summed E-state index contributed by atoms with van der Waals surface area (Å²) in [6, 6.07) is 0. The molecule has 0 aromatic rings. The molecule has 2 aliphatic heterocycles. The topological polar surface area (TPSA) is 71.0 Å². The Morgan fingerprint density at radius 1 is 1.48 bits per heavy atom. The Labute approximate surface area is 127 Å². The molecular weight excluding hydrogens is 290 g/mol. The minimum atomic E-state index is -3.02. The molecule has 0 bridgehead atoms. The molecule has 0 radical (unpaired) electrons. The Morgan fingerprint density at radius 2 is 2.24 bits per heavy atom. The van der Waals surface area contributed by atoms with Crippen molar-refractivity contribution in [2.45, 2.75) is 31.9 Å². The second kappa shape index (κ2) is 6.52. The first kappa shape index (κ1) is 16.5. The molecule has 21 heavy (non-hydrogen) atoms. The summed E-state index contributed by atoms with van der Waals surface area (Å²) < 4.78 is 28.8. The first-order valence-corrected chi connectivity index (χ1v) is 9.34. The molecule has 2 aliphatic rings. The Hall–Kier alpha value is -0.820. The van der Waals surface area contributed by atoms with Crippen LogP contribution in [0.1, 0.15) is 27.2 Å². The maximum atomic E-state index is 12.1. The number of sulfone groups is 1. The van der Waals surface area contributed by atoms with Crippen molar-refractivity contribution in [3.8, 4) is 0 Å². The van der Waals surface area contributed by atoms with Crippen LogP contribution in [0.4, 0.5) is 0 Å². The van der Waals surface area contributed by atoms with Crippen molar-refractivity contribution in [1.29, 1.82) is 0 Å². The zero-order chi connectivity index (χ0) is 15.5. The van der Waals surface area contributed by atoms with Gasteiger partial charge in [0.1, 0.15) is 0 Å². The minimum absolute atomic E-state index is 0.191. The molecule has 1 unspecified atom stereocenters. The molecule has 7 heteroatoms. The van der Waals surface area contributed by atoms with Gasteiger partial charge in [-0.25, -0.2) is 8.42 Å². The third kappa shape index (κ3) is 3.88. The van der Waals surface area contributed by atoms with Gasteiger partial charge in [-0.05, 0) is 27.2 Å². The molecule has 1 N–H and O–H groups in total. The van der Waals surface area contributed by atoms with Crippen molar-refractivity contribution < 1.29 is 13.2 Å². The third-order valence-electron chi connectivity index (χ3n) is 4.20. The van der Waals surface area contributed by atoms with Crippen LogP contribution in [0.5, 0.6) is 0 Å². The van der Waals surface area contributed by atoms with Crippen molar-refractivity contribution >= 4 is 15.8 Å². The minimum Gasteiger partial charge on any atom is -0.381 e. The number of guanidine groups is 1. The van der Waals surface area contributed by atoms with Gasteiger partial charge in [-0.1, -0.05) is 0 Å². The fraction of sp³-hybridized carbons (Fsp3) is 0.929. The molecule has 0 aromatic heterocycles. The highest BCUT2D eigenvalue weighted by molar-refractivity contribution is 7.92. The number of nitrogens with zero attached hydrogens (tertiary/aromatic N) is 2.